The Labute approximate surface area is 213 Å². The summed E-state index contributed by atoms with van der Waals surface area (Å²) < 4.78 is 5.50. The number of carbonyl (C=O) groups excluding carboxylic acids is 2. The summed E-state index contributed by atoms with van der Waals surface area (Å²) in [6.45, 7) is 2.83. The molecule has 1 aliphatic heterocycles. The zero-order valence-electron chi connectivity index (χ0n) is 19.3. The topological polar surface area (TPSA) is 53.8 Å². The van der Waals surface area contributed by atoms with Crippen molar-refractivity contribution < 1.29 is 14.0 Å². The second kappa shape index (κ2) is 10.1. The lowest BCUT2D eigenvalue weighted by atomic mass is 9.90. The molecular weight excluding hydrogens is 480 g/mol. The maximum atomic E-state index is 13.8. The van der Waals surface area contributed by atoms with Crippen LogP contribution in [-0.2, 0) is 17.8 Å². The minimum Gasteiger partial charge on any atom is -0.467 e. The van der Waals surface area contributed by atoms with Gasteiger partial charge in [0, 0.05) is 22.0 Å². The number of carbonyl (C=O) groups is 2. The number of halogens is 1. The lowest BCUT2D eigenvalue weighted by molar-refractivity contribution is -0.134. The molecule has 0 N–H and O–H groups in total. The van der Waals surface area contributed by atoms with Crippen LogP contribution in [-0.4, -0.2) is 34.7 Å². The molecule has 7 heteroatoms. The van der Waals surface area contributed by atoms with E-state index in [1.165, 1.54) is 10.4 Å². The first-order chi connectivity index (χ1) is 17.0. The third-order valence-electron chi connectivity index (χ3n) is 6.40. The molecule has 5 rings (SSSR count). The molecule has 0 fully saturated rings. The van der Waals surface area contributed by atoms with Gasteiger partial charge < -0.3 is 14.2 Å². The van der Waals surface area contributed by atoms with Gasteiger partial charge in [0.15, 0.2) is 0 Å². The van der Waals surface area contributed by atoms with Gasteiger partial charge in [0.2, 0.25) is 5.91 Å². The van der Waals surface area contributed by atoms with E-state index in [-0.39, 0.29) is 30.9 Å². The zero-order valence-corrected chi connectivity index (χ0v) is 20.9. The second-order valence-corrected chi connectivity index (χ2v) is 10.1. The van der Waals surface area contributed by atoms with Crippen molar-refractivity contribution in [2.75, 3.05) is 13.1 Å². The average Bonchev–Trinajstić information content (AvgIpc) is 3.55. The maximum absolute atomic E-state index is 13.8. The number of benzene rings is 2. The molecule has 0 radical (unpaired) electrons. The number of fused-ring (bicyclic) bond motifs is 1. The molecule has 3 heterocycles. The third kappa shape index (κ3) is 4.90. The largest absolute Gasteiger partial charge is 0.467 e. The summed E-state index contributed by atoms with van der Waals surface area (Å²) >= 11 is 7.75. The molecule has 0 bridgehead atoms. The average molecular weight is 505 g/mol. The lowest BCUT2D eigenvalue weighted by Gasteiger charge is -2.38. The van der Waals surface area contributed by atoms with Crippen LogP contribution >= 0.6 is 22.9 Å². The molecule has 0 saturated carbocycles. The van der Waals surface area contributed by atoms with E-state index in [0.29, 0.717) is 22.9 Å². The third-order valence-corrected chi connectivity index (χ3v) is 7.65. The van der Waals surface area contributed by atoms with E-state index in [1.54, 1.807) is 58.9 Å². The van der Waals surface area contributed by atoms with Crippen LogP contribution in [0.3, 0.4) is 0 Å². The van der Waals surface area contributed by atoms with Gasteiger partial charge in [0.25, 0.3) is 5.91 Å². The Kier molecular flexibility index (Phi) is 6.75. The van der Waals surface area contributed by atoms with E-state index in [0.717, 1.165) is 17.5 Å². The molecule has 178 valence electrons. The molecule has 1 aliphatic rings. The smallest absolute Gasteiger partial charge is 0.254 e. The van der Waals surface area contributed by atoms with Gasteiger partial charge in [-0.2, -0.15) is 0 Å². The molecule has 2 aromatic heterocycles. The van der Waals surface area contributed by atoms with Crippen LogP contribution < -0.4 is 0 Å². The van der Waals surface area contributed by atoms with Gasteiger partial charge >= 0.3 is 0 Å². The number of furan rings is 1. The van der Waals surface area contributed by atoms with Crippen LogP contribution in [0.2, 0.25) is 5.02 Å². The first-order valence-electron chi connectivity index (χ1n) is 11.5. The molecule has 2 amide bonds. The van der Waals surface area contributed by atoms with E-state index in [1.807, 2.05) is 17.0 Å². The normalized spacial score (nSPS) is 15.0. The summed E-state index contributed by atoms with van der Waals surface area (Å²) in [4.78, 5) is 32.0. The van der Waals surface area contributed by atoms with Crippen molar-refractivity contribution in [1.29, 1.82) is 0 Å². The first-order valence-corrected chi connectivity index (χ1v) is 12.8. The highest BCUT2D eigenvalue weighted by Gasteiger charge is 2.34. The Hall–Kier alpha value is -3.35. The zero-order chi connectivity index (χ0) is 24.4. The van der Waals surface area contributed by atoms with Crippen LogP contribution in [0.5, 0.6) is 0 Å². The van der Waals surface area contributed by atoms with Gasteiger partial charge in [-0.05, 0) is 77.9 Å². The Balaban J connectivity index is 1.46. The SMILES string of the molecule is Cc1ccccc1[C@@H]1c2ccsc2CCN1C(=O)CN(Cc1ccco1)C(=O)c1ccc(Cl)cc1. The summed E-state index contributed by atoms with van der Waals surface area (Å²) in [5, 5.41) is 2.65. The van der Waals surface area contributed by atoms with Crippen LogP contribution in [0.1, 0.15) is 43.7 Å². The summed E-state index contributed by atoms with van der Waals surface area (Å²) in [6.07, 6.45) is 2.38. The number of aryl methyl sites for hydroxylation is 1. The minimum absolute atomic E-state index is 0.0516. The summed E-state index contributed by atoms with van der Waals surface area (Å²) in [6, 6.07) is 20.4. The van der Waals surface area contributed by atoms with Crippen LogP contribution in [0.15, 0.2) is 82.8 Å². The number of rotatable bonds is 6. The van der Waals surface area contributed by atoms with Crippen molar-refractivity contribution in [1.82, 2.24) is 9.80 Å². The highest BCUT2D eigenvalue weighted by Crippen LogP contribution is 2.39. The molecular formula is C28H25ClN2O3S. The number of hydrogen-bond acceptors (Lipinski definition) is 4. The summed E-state index contributed by atoms with van der Waals surface area (Å²) in [5.41, 5.74) is 3.90. The highest BCUT2D eigenvalue weighted by molar-refractivity contribution is 7.10. The molecule has 1 atom stereocenters. The van der Waals surface area contributed by atoms with Gasteiger partial charge in [-0.1, -0.05) is 35.9 Å². The number of hydrogen-bond donors (Lipinski definition) is 0. The maximum Gasteiger partial charge on any atom is 0.254 e. The van der Waals surface area contributed by atoms with E-state index >= 15 is 0 Å². The van der Waals surface area contributed by atoms with Crippen molar-refractivity contribution in [3.8, 4) is 0 Å². The fraction of sp³-hybridized carbons (Fsp3) is 0.214. The molecule has 4 aromatic rings. The number of thiophene rings is 1. The molecule has 0 aliphatic carbocycles. The molecule has 35 heavy (non-hydrogen) atoms. The van der Waals surface area contributed by atoms with Crippen molar-refractivity contribution in [3.05, 3.63) is 116 Å². The van der Waals surface area contributed by atoms with Gasteiger partial charge in [0.1, 0.15) is 12.3 Å². The predicted molar refractivity (Wildman–Crippen MR) is 138 cm³/mol. The van der Waals surface area contributed by atoms with Gasteiger partial charge in [-0.3, -0.25) is 9.59 Å². The van der Waals surface area contributed by atoms with Crippen LogP contribution in [0, 0.1) is 6.92 Å². The van der Waals surface area contributed by atoms with Gasteiger partial charge in [-0.15, -0.1) is 11.3 Å². The Morgan fingerprint density at radius 3 is 2.60 bits per heavy atom. The molecule has 0 saturated heterocycles. The standard InChI is InChI=1S/C28H25ClN2O3S/c1-19-5-2-3-7-23(19)27-24-13-16-35-25(24)12-14-31(27)26(32)18-30(17-22-6-4-15-34-22)28(33)20-8-10-21(29)11-9-20/h2-11,13,15-16,27H,12,14,17-18H2,1H3/t27-/m1/s1. The van der Waals surface area contributed by atoms with Crippen molar-refractivity contribution >= 4 is 34.8 Å². The quantitative estimate of drug-likeness (QED) is 0.318. The predicted octanol–water partition coefficient (Wildman–Crippen LogP) is 6.12. The Morgan fingerprint density at radius 1 is 1.06 bits per heavy atom. The Bertz CT molecular complexity index is 1330. The van der Waals surface area contributed by atoms with E-state index < -0.39 is 0 Å². The first kappa shape index (κ1) is 23.4. The fourth-order valence-electron chi connectivity index (χ4n) is 4.63. The van der Waals surface area contributed by atoms with Crippen molar-refractivity contribution in [2.24, 2.45) is 0 Å². The summed E-state index contributed by atoms with van der Waals surface area (Å²) in [5.74, 6) is 0.283. The lowest BCUT2D eigenvalue weighted by Crippen LogP contribution is -2.46. The molecule has 0 unspecified atom stereocenters. The number of nitrogens with zero attached hydrogens (tertiary/aromatic N) is 2. The minimum atomic E-state index is -0.243. The van der Waals surface area contributed by atoms with E-state index in [9.17, 15) is 9.59 Å². The molecule has 2 aromatic carbocycles. The Morgan fingerprint density at radius 2 is 1.86 bits per heavy atom. The highest BCUT2D eigenvalue weighted by atomic mass is 35.5. The monoisotopic (exact) mass is 504 g/mol. The van der Waals surface area contributed by atoms with Crippen molar-refractivity contribution in [3.63, 3.8) is 0 Å². The molecule has 0 spiro atoms. The van der Waals surface area contributed by atoms with Crippen LogP contribution in [0.4, 0.5) is 0 Å². The van der Waals surface area contributed by atoms with E-state index in [2.05, 4.69) is 30.5 Å². The van der Waals surface area contributed by atoms with Gasteiger partial charge in [0.05, 0.1) is 18.8 Å². The van der Waals surface area contributed by atoms with Crippen molar-refractivity contribution in [2.45, 2.75) is 25.9 Å². The second-order valence-electron chi connectivity index (χ2n) is 8.64. The van der Waals surface area contributed by atoms with Gasteiger partial charge in [-0.25, -0.2) is 0 Å². The number of amides is 2. The van der Waals surface area contributed by atoms with E-state index in [4.69, 9.17) is 16.0 Å². The fourth-order valence-corrected chi connectivity index (χ4v) is 5.66. The summed E-state index contributed by atoms with van der Waals surface area (Å²) in [7, 11) is 0. The van der Waals surface area contributed by atoms with Crippen LogP contribution in [0.25, 0.3) is 0 Å². The molecule has 5 nitrogen and oxygen atoms in total.